The summed E-state index contributed by atoms with van der Waals surface area (Å²) in [7, 11) is 1.67. The summed E-state index contributed by atoms with van der Waals surface area (Å²) < 4.78 is 12.8. The van der Waals surface area contributed by atoms with Crippen molar-refractivity contribution in [1.29, 1.82) is 0 Å². The Bertz CT molecular complexity index is 315. The van der Waals surface area contributed by atoms with Crippen LogP contribution in [0, 0.1) is 0 Å². The van der Waals surface area contributed by atoms with Crippen molar-refractivity contribution in [2.75, 3.05) is 18.7 Å². The van der Waals surface area contributed by atoms with E-state index in [9.17, 15) is 14.0 Å². The number of carbonyl (C=O) groups excluding carboxylic acids is 2. The summed E-state index contributed by atoms with van der Waals surface area (Å²) in [5.74, 6) is -0.192. The van der Waals surface area contributed by atoms with Crippen LogP contribution in [0.15, 0.2) is 0 Å². The second kappa shape index (κ2) is 5.91. The molecule has 0 bridgehead atoms. The fourth-order valence-corrected chi connectivity index (χ4v) is 2.76. The zero-order valence-corrected chi connectivity index (χ0v) is 11.6. The minimum absolute atomic E-state index is 0.0437. The van der Waals surface area contributed by atoms with Crippen molar-refractivity contribution in [2.24, 2.45) is 0 Å². The summed E-state index contributed by atoms with van der Waals surface area (Å²) in [5, 5.41) is 0. The first-order chi connectivity index (χ1) is 7.86. The Morgan fingerprint density at radius 3 is 2.59 bits per heavy atom. The van der Waals surface area contributed by atoms with E-state index in [4.69, 9.17) is 11.6 Å². The molecule has 98 valence electrons. The molecular formula is C10H16ClFN2O2S. The van der Waals surface area contributed by atoms with Gasteiger partial charge in [-0.15, -0.1) is 11.8 Å². The van der Waals surface area contributed by atoms with Crippen LogP contribution < -0.4 is 0 Å². The molecule has 1 saturated heterocycles. The predicted molar refractivity (Wildman–Crippen MR) is 66.6 cm³/mol. The van der Waals surface area contributed by atoms with Crippen LogP contribution in [0.3, 0.4) is 0 Å². The zero-order valence-electron chi connectivity index (χ0n) is 10.0. The van der Waals surface area contributed by atoms with Crippen LogP contribution in [0.1, 0.15) is 13.8 Å². The molecule has 4 nitrogen and oxygen atoms in total. The average molecular weight is 283 g/mol. The fraction of sp³-hybridized carbons (Fsp3) is 0.800. The monoisotopic (exact) mass is 282 g/mol. The summed E-state index contributed by atoms with van der Waals surface area (Å²) in [4.78, 5) is 26.3. The molecule has 0 aromatic rings. The minimum atomic E-state index is -2.08. The van der Waals surface area contributed by atoms with Crippen molar-refractivity contribution >= 4 is 35.2 Å². The quantitative estimate of drug-likeness (QED) is 0.733. The summed E-state index contributed by atoms with van der Waals surface area (Å²) in [6.07, 6.45) is 0. The molecule has 0 aromatic carbocycles. The van der Waals surface area contributed by atoms with Crippen molar-refractivity contribution in [3.63, 3.8) is 0 Å². The molecule has 2 atom stereocenters. The van der Waals surface area contributed by atoms with Crippen molar-refractivity contribution in [3.8, 4) is 0 Å². The third-order valence-electron chi connectivity index (χ3n) is 2.76. The third-order valence-corrected chi connectivity index (χ3v) is 3.96. The fourth-order valence-electron chi connectivity index (χ4n) is 1.48. The molecule has 0 saturated carbocycles. The molecule has 1 aliphatic rings. The Morgan fingerprint density at radius 2 is 2.12 bits per heavy atom. The summed E-state index contributed by atoms with van der Waals surface area (Å²) >= 11 is 6.55. The Labute approximate surface area is 109 Å². The van der Waals surface area contributed by atoms with Crippen molar-refractivity contribution < 1.29 is 14.0 Å². The van der Waals surface area contributed by atoms with Crippen molar-refractivity contribution in [2.45, 2.75) is 31.6 Å². The van der Waals surface area contributed by atoms with Gasteiger partial charge in [0.25, 0.3) is 11.5 Å². The van der Waals surface area contributed by atoms with Gasteiger partial charge < -0.3 is 9.80 Å². The highest BCUT2D eigenvalue weighted by atomic mass is 35.5. The van der Waals surface area contributed by atoms with Crippen LogP contribution in [0.2, 0.25) is 0 Å². The number of carbonyl (C=O) groups is 2. The average Bonchev–Trinajstić information content (AvgIpc) is 2.74. The third kappa shape index (κ3) is 3.25. The van der Waals surface area contributed by atoms with Gasteiger partial charge in [-0.25, -0.2) is 4.39 Å². The topological polar surface area (TPSA) is 40.6 Å². The van der Waals surface area contributed by atoms with Gasteiger partial charge in [-0.3, -0.25) is 9.59 Å². The maximum atomic E-state index is 12.8. The van der Waals surface area contributed by atoms with Gasteiger partial charge in [0.15, 0.2) is 0 Å². The number of hydrogen-bond donors (Lipinski definition) is 0. The molecule has 0 aliphatic carbocycles. The summed E-state index contributed by atoms with van der Waals surface area (Å²) in [6, 6.07) is -0.556. The molecule has 7 heteroatoms. The lowest BCUT2D eigenvalue weighted by molar-refractivity contribution is -0.144. The number of likely N-dealkylation sites (N-methyl/N-ethyl adjacent to an activating group) is 1. The van der Waals surface area contributed by atoms with Gasteiger partial charge in [-0.2, -0.15) is 0 Å². The van der Waals surface area contributed by atoms with Crippen molar-refractivity contribution in [1.82, 2.24) is 9.80 Å². The second-order valence-electron chi connectivity index (χ2n) is 4.17. The molecule has 0 aromatic heterocycles. The highest BCUT2D eigenvalue weighted by Crippen LogP contribution is 2.24. The van der Waals surface area contributed by atoms with Crippen LogP contribution in [0.4, 0.5) is 4.39 Å². The lowest BCUT2D eigenvalue weighted by Crippen LogP contribution is -2.50. The van der Waals surface area contributed by atoms with E-state index in [2.05, 4.69) is 0 Å². The molecule has 0 radical (unpaired) electrons. The van der Waals surface area contributed by atoms with Gasteiger partial charge in [0.05, 0.1) is 5.88 Å². The van der Waals surface area contributed by atoms with Gasteiger partial charge in [0.1, 0.15) is 6.04 Å². The van der Waals surface area contributed by atoms with E-state index in [0.29, 0.717) is 11.6 Å². The lowest BCUT2D eigenvalue weighted by atomic mass is 10.2. The van der Waals surface area contributed by atoms with Gasteiger partial charge in [-0.05, 0) is 13.8 Å². The zero-order chi connectivity index (χ0) is 13.2. The summed E-state index contributed by atoms with van der Waals surface area (Å²) in [5.41, 5.74) is -2.08. The molecule has 1 heterocycles. The van der Waals surface area contributed by atoms with E-state index in [0.717, 1.165) is 0 Å². The van der Waals surface area contributed by atoms with E-state index in [1.54, 1.807) is 11.9 Å². The molecule has 2 unspecified atom stereocenters. The summed E-state index contributed by atoms with van der Waals surface area (Å²) in [6.45, 7) is 3.76. The van der Waals surface area contributed by atoms with Gasteiger partial charge in [0.2, 0.25) is 5.91 Å². The van der Waals surface area contributed by atoms with Gasteiger partial charge in [0, 0.05) is 18.8 Å². The standard InChI is InChI=1S/C10H16ClFN2O2S/c1-6(2)13(3)9(15)7-4-17-5-14(7)10(16)8(11)12/h6-8H,4-5H2,1-3H3. The Balaban J connectivity index is 2.76. The molecule has 0 spiro atoms. The second-order valence-corrected chi connectivity index (χ2v) is 5.55. The number of nitrogens with zero attached hydrogens (tertiary/aromatic N) is 2. The number of thioether (sulfide) groups is 1. The van der Waals surface area contributed by atoms with E-state index >= 15 is 0 Å². The maximum Gasteiger partial charge on any atom is 0.274 e. The largest absolute Gasteiger partial charge is 0.342 e. The van der Waals surface area contributed by atoms with Gasteiger partial charge in [-0.1, -0.05) is 11.6 Å². The molecule has 1 fully saturated rings. The van der Waals surface area contributed by atoms with Crippen LogP contribution in [0.5, 0.6) is 0 Å². The predicted octanol–water partition coefficient (Wildman–Crippen LogP) is 1.29. The van der Waals surface area contributed by atoms with E-state index in [-0.39, 0.29) is 11.9 Å². The van der Waals surface area contributed by atoms with Crippen molar-refractivity contribution in [3.05, 3.63) is 0 Å². The van der Waals surface area contributed by atoms with E-state index < -0.39 is 17.6 Å². The highest BCUT2D eigenvalue weighted by molar-refractivity contribution is 7.99. The maximum absolute atomic E-state index is 12.8. The molecule has 17 heavy (non-hydrogen) atoms. The number of hydrogen-bond acceptors (Lipinski definition) is 3. The molecule has 1 aliphatic heterocycles. The molecular weight excluding hydrogens is 267 g/mol. The SMILES string of the molecule is CC(C)N(C)C(=O)C1CSCN1C(=O)C(F)Cl. The van der Waals surface area contributed by atoms with Crippen LogP contribution in [-0.2, 0) is 9.59 Å². The first-order valence-electron chi connectivity index (χ1n) is 5.29. The number of alkyl halides is 2. The van der Waals surface area contributed by atoms with E-state index in [1.807, 2.05) is 13.8 Å². The Kier molecular flexibility index (Phi) is 5.06. The number of halogens is 2. The van der Waals surface area contributed by atoms with Gasteiger partial charge >= 0.3 is 0 Å². The normalized spacial score (nSPS) is 21.8. The smallest absolute Gasteiger partial charge is 0.274 e. The van der Waals surface area contributed by atoms with E-state index in [1.165, 1.54) is 16.7 Å². The number of amides is 2. The first-order valence-corrected chi connectivity index (χ1v) is 6.88. The molecule has 0 N–H and O–H groups in total. The Hall–Kier alpha value is -0.490. The minimum Gasteiger partial charge on any atom is -0.342 e. The number of rotatable bonds is 3. The Morgan fingerprint density at radius 1 is 1.53 bits per heavy atom. The lowest BCUT2D eigenvalue weighted by Gasteiger charge is -2.29. The van der Waals surface area contributed by atoms with Crippen LogP contribution in [0.25, 0.3) is 0 Å². The highest BCUT2D eigenvalue weighted by Gasteiger charge is 2.38. The van der Waals surface area contributed by atoms with Crippen LogP contribution >= 0.6 is 23.4 Å². The first kappa shape index (κ1) is 14.6. The molecule has 2 amide bonds. The molecule has 1 rings (SSSR count). The van der Waals surface area contributed by atoms with Crippen LogP contribution in [-0.4, -0.2) is 58.0 Å².